The van der Waals surface area contributed by atoms with E-state index in [1.807, 2.05) is 0 Å². The van der Waals surface area contributed by atoms with Crippen LogP contribution in [-0.2, 0) is 20.6 Å². The molecule has 1 atom stereocenters. The quantitative estimate of drug-likeness (QED) is 0.850. The predicted molar refractivity (Wildman–Crippen MR) is 73.2 cm³/mol. The molecule has 1 aromatic rings. The second-order valence-corrected chi connectivity index (χ2v) is 6.77. The molecule has 6 nitrogen and oxygen atoms in total. The van der Waals surface area contributed by atoms with Crippen molar-refractivity contribution >= 4 is 16.0 Å². The Labute approximate surface area is 122 Å². The average Bonchev–Trinajstić information content (AvgIpc) is 2.40. The smallest absolute Gasteiger partial charge is 0.307 e. The summed E-state index contributed by atoms with van der Waals surface area (Å²) in [6.07, 6.45) is 0. The number of carboxylic acid groups (broad SMARTS) is 1. The summed E-state index contributed by atoms with van der Waals surface area (Å²) < 4.78 is 38.2. The van der Waals surface area contributed by atoms with Crippen molar-refractivity contribution in [3.8, 4) is 6.07 Å². The molecule has 0 amide bonds. The number of nitriles is 1. The largest absolute Gasteiger partial charge is 0.481 e. The summed E-state index contributed by atoms with van der Waals surface area (Å²) in [5, 5.41) is 17.7. The van der Waals surface area contributed by atoms with Gasteiger partial charge in [0.1, 0.15) is 5.82 Å². The fraction of sp³-hybridized carbons (Fsp3) is 0.385. The lowest BCUT2D eigenvalue weighted by atomic mass is 10.1. The lowest BCUT2D eigenvalue weighted by molar-refractivity contribution is -0.141. The second-order valence-electron chi connectivity index (χ2n) is 4.69. The number of halogens is 1. The van der Waals surface area contributed by atoms with E-state index in [-0.39, 0.29) is 17.7 Å². The van der Waals surface area contributed by atoms with Gasteiger partial charge in [-0.3, -0.25) is 4.79 Å². The van der Waals surface area contributed by atoms with Crippen LogP contribution in [0.4, 0.5) is 4.39 Å². The normalized spacial score (nSPS) is 12.9. The first-order valence-corrected chi connectivity index (χ1v) is 7.63. The van der Waals surface area contributed by atoms with E-state index in [0.29, 0.717) is 0 Å². The number of aliphatic carboxylic acids is 1. The topological polar surface area (TPSA) is 98.5 Å². The summed E-state index contributed by atoms with van der Waals surface area (Å²) in [5.74, 6) is -3.07. The molecule has 21 heavy (non-hydrogen) atoms. The van der Waals surface area contributed by atoms with E-state index < -0.39 is 33.5 Å². The Kier molecular flexibility index (Phi) is 5.41. The van der Waals surface area contributed by atoms with Crippen molar-refractivity contribution < 1.29 is 22.7 Å². The highest BCUT2D eigenvalue weighted by Gasteiger charge is 2.24. The van der Waals surface area contributed by atoms with Gasteiger partial charge in [-0.2, -0.15) is 5.26 Å². The molecule has 0 fully saturated rings. The Morgan fingerprint density at radius 3 is 2.67 bits per heavy atom. The molecule has 1 N–H and O–H groups in total. The van der Waals surface area contributed by atoms with E-state index in [1.165, 1.54) is 20.0 Å². The molecule has 0 aliphatic carbocycles. The second kappa shape index (κ2) is 6.65. The molecule has 0 spiro atoms. The van der Waals surface area contributed by atoms with Gasteiger partial charge in [-0.25, -0.2) is 17.1 Å². The molecule has 0 bridgehead atoms. The number of rotatable bonds is 6. The van der Waals surface area contributed by atoms with Gasteiger partial charge in [-0.05, 0) is 17.7 Å². The third-order valence-corrected chi connectivity index (χ3v) is 4.73. The van der Waals surface area contributed by atoms with Gasteiger partial charge < -0.3 is 5.11 Å². The van der Waals surface area contributed by atoms with Gasteiger partial charge in [0.25, 0.3) is 0 Å². The summed E-state index contributed by atoms with van der Waals surface area (Å²) in [6, 6.07) is 5.01. The number of hydrogen-bond acceptors (Lipinski definition) is 4. The fourth-order valence-electron chi connectivity index (χ4n) is 1.66. The van der Waals surface area contributed by atoms with Crippen molar-refractivity contribution in [3.63, 3.8) is 0 Å². The van der Waals surface area contributed by atoms with Crippen LogP contribution in [0.1, 0.15) is 18.1 Å². The van der Waals surface area contributed by atoms with Crippen LogP contribution in [0.25, 0.3) is 0 Å². The van der Waals surface area contributed by atoms with Crippen LogP contribution < -0.4 is 0 Å². The molecule has 0 heterocycles. The maximum Gasteiger partial charge on any atom is 0.307 e. The first-order valence-electron chi connectivity index (χ1n) is 6.02. The van der Waals surface area contributed by atoms with Crippen LogP contribution >= 0.6 is 0 Å². The Balaban J connectivity index is 2.96. The molecule has 0 saturated heterocycles. The van der Waals surface area contributed by atoms with Crippen molar-refractivity contribution in [2.24, 2.45) is 5.92 Å². The Hall–Kier alpha value is -1.98. The molecule has 0 aromatic heterocycles. The highest BCUT2D eigenvalue weighted by atomic mass is 32.2. The minimum absolute atomic E-state index is 0.0572. The van der Waals surface area contributed by atoms with Gasteiger partial charge in [0.2, 0.25) is 10.0 Å². The van der Waals surface area contributed by atoms with Crippen LogP contribution in [0, 0.1) is 23.1 Å². The first-order chi connectivity index (χ1) is 9.67. The maximum absolute atomic E-state index is 13.0. The predicted octanol–water partition coefficient (Wildman–Crippen LogP) is 1.18. The number of nitrogens with zero attached hydrogens (tertiary/aromatic N) is 2. The lowest BCUT2D eigenvalue weighted by Crippen LogP contribution is -2.34. The van der Waals surface area contributed by atoms with E-state index in [0.717, 1.165) is 16.4 Å². The number of carboxylic acids is 1. The number of hydrogen-bond donors (Lipinski definition) is 1. The van der Waals surface area contributed by atoms with Gasteiger partial charge >= 0.3 is 5.97 Å². The Bertz CT molecular complexity index is 682. The van der Waals surface area contributed by atoms with E-state index in [9.17, 15) is 17.6 Å². The van der Waals surface area contributed by atoms with Gasteiger partial charge in [0, 0.05) is 13.6 Å². The molecule has 0 saturated carbocycles. The van der Waals surface area contributed by atoms with E-state index in [4.69, 9.17) is 10.4 Å². The Morgan fingerprint density at radius 1 is 1.52 bits per heavy atom. The molecule has 0 aliphatic heterocycles. The highest BCUT2D eigenvalue weighted by Crippen LogP contribution is 2.16. The van der Waals surface area contributed by atoms with Crippen molar-refractivity contribution in [2.75, 3.05) is 13.6 Å². The zero-order valence-corrected chi connectivity index (χ0v) is 12.4. The SMILES string of the molecule is CC(CN(C)S(=O)(=O)Cc1ccc(F)cc1C#N)C(=O)O. The van der Waals surface area contributed by atoms with Crippen molar-refractivity contribution in [3.05, 3.63) is 35.1 Å². The summed E-state index contributed by atoms with van der Waals surface area (Å²) >= 11 is 0. The van der Waals surface area contributed by atoms with Gasteiger partial charge in [0.05, 0.1) is 23.3 Å². The van der Waals surface area contributed by atoms with Crippen molar-refractivity contribution in [1.82, 2.24) is 4.31 Å². The summed E-state index contributed by atoms with van der Waals surface area (Å²) in [6.45, 7) is 1.22. The zero-order chi connectivity index (χ0) is 16.2. The minimum Gasteiger partial charge on any atom is -0.481 e. The number of carbonyl (C=O) groups is 1. The number of sulfonamides is 1. The van der Waals surface area contributed by atoms with Gasteiger partial charge in [0.15, 0.2) is 0 Å². The molecular weight excluding hydrogens is 299 g/mol. The van der Waals surface area contributed by atoms with Gasteiger partial charge in [-0.1, -0.05) is 13.0 Å². The van der Waals surface area contributed by atoms with Crippen LogP contribution in [0.15, 0.2) is 18.2 Å². The minimum atomic E-state index is -3.79. The van der Waals surface area contributed by atoms with Crippen LogP contribution in [-0.4, -0.2) is 37.4 Å². The lowest BCUT2D eigenvalue weighted by Gasteiger charge is -2.19. The third kappa shape index (κ3) is 4.51. The van der Waals surface area contributed by atoms with E-state index in [2.05, 4.69) is 0 Å². The van der Waals surface area contributed by atoms with E-state index >= 15 is 0 Å². The monoisotopic (exact) mass is 314 g/mol. The molecule has 8 heteroatoms. The van der Waals surface area contributed by atoms with Crippen LogP contribution in [0.3, 0.4) is 0 Å². The summed E-state index contributed by atoms with van der Waals surface area (Å²) in [5.41, 5.74) is 0.118. The van der Waals surface area contributed by atoms with Crippen molar-refractivity contribution in [2.45, 2.75) is 12.7 Å². The zero-order valence-electron chi connectivity index (χ0n) is 11.6. The van der Waals surface area contributed by atoms with Crippen LogP contribution in [0.2, 0.25) is 0 Å². The summed E-state index contributed by atoms with van der Waals surface area (Å²) in [4.78, 5) is 10.8. The highest BCUT2D eigenvalue weighted by molar-refractivity contribution is 7.88. The summed E-state index contributed by atoms with van der Waals surface area (Å²) in [7, 11) is -2.52. The maximum atomic E-state index is 13.0. The van der Waals surface area contributed by atoms with Gasteiger partial charge in [-0.15, -0.1) is 0 Å². The molecule has 0 radical (unpaired) electrons. The standard InChI is InChI=1S/C13H15FN2O4S/c1-9(13(17)18)7-16(2)21(19,20)8-10-3-4-12(14)5-11(10)6-15/h3-5,9H,7-8H2,1-2H3,(H,17,18). The molecule has 114 valence electrons. The third-order valence-electron chi connectivity index (χ3n) is 2.96. The Morgan fingerprint density at radius 2 is 2.14 bits per heavy atom. The molecule has 0 aliphatic rings. The molecular formula is C13H15FN2O4S. The first kappa shape index (κ1) is 17.1. The van der Waals surface area contributed by atoms with Crippen LogP contribution in [0.5, 0.6) is 0 Å². The molecule has 1 rings (SSSR count). The molecule has 1 unspecified atom stereocenters. The fourth-order valence-corrected chi connectivity index (χ4v) is 2.98. The van der Waals surface area contributed by atoms with E-state index in [1.54, 1.807) is 6.07 Å². The molecule has 1 aromatic carbocycles. The van der Waals surface area contributed by atoms with Crippen molar-refractivity contribution in [1.29, 1.82) is 5.26 Å². The number of benzene rings is 1. The average molecular weight is 314 g/mol.